The standard InChI is InChI=1S/C20H22N2O6/c1-2-27-20(24)12-13-21(14-16-8-4-3-5-9-16)19(23)15-28-18-11-7-6-10-17(18)22(25)26/h3-11H,2,12-15H2,1H3. The number of hydrogen-bond donors (Lipinski definition) is 0. The normalized spacial score (nSPS) is 10.2. The van der Waals surface area contributed by atoms with Crippen molar-refractivity contribution in [2.24, 2.45) is 0 Å². The number of nitro benzene ring substituents is 1. The molecule has 2 aromatic carbocycles. The van der Waals surface area contributed by atoms with Gasteiger partial charge in [0.25, 0.3) is 5.91 Å². The van der Waals surface area contributed by atoms with Gasteiger partial charge in [0.05, 0.1) is 18.0 Å². The Morgan fingerprint density at radius 2 is 1.75 bits per heavy atom. The molecule has 0 radical (unpaired) electrons. The van der Waals surface area contributed by atoms with Crippen LogP contribution in [0.2, 0.25) is 0 Å². The quantitative estimate of drug-likeness (QED) is 0.354. The molecule has 0 heterocycles. The molecule has 0 saturated carbocycles. The van der Waals surface area contributed by atoms with E-state index in [4.69, 9.17) is 9.47 Å². The van der Waals surface area contributed by atoms with Gasteiger partial charge in [-0.1, -0.05) is 42.5 Å². The van der Waals surface area contributed by atoms with Crippen LogP contribution in [0.15, 0.2) is 54.6 Å². The van der Waals surface area contributed by atoms with Gasteiger partial charge < -0.3 is 14.4 Å². The van der Waals surface area contributed by atoms with Gasteiger partial charge in [0.15, 0.2) is 12.4 Å². The number of rotatable bonds is 10. The zero-order chi connectivity index (χ0) is 20.4. The fourth-order valence-electron chi connectivity index (χ4n) is 2.52. The van der Waals surface area contributed by atoms with Crippen LogP contribution in [-0.2, 0) is 20.9 Å². The minimum atomic E-state index is -0.567. The first-order chi connectivity index (χ1) is 13.5. The van der Waals surface area contributed by atoms with E-state index in [0.717, 1.165) is 5.56 Å². The summed E-state index contributed by atoms with van der Waals surface area (Å²) < 4.78 is 10.3. The second-order valence-electron chi connectivity index (χ2n) is 5.87. The molecule has 0 aromatic heterocycles. The third kappa shape index (κ3) is 6.39. The molecule has 1 amide bonds. The third-order valence-electron chi connectivity index (χ3n) is 3.87. The van der Waals surface area contributed by atoms with Crippen molar-refractivity contribution in [3.05, 3.63) is 70.3 Å². The first kappa shape index (κ1) is 20.9. The lowest BCUT2D eigenvalue weighted by Gasteiger charge is -2.22. The molecule has 0 aliphatic carbocycles. The highest BCUT2D eigenvalue weighted by Crippen LogP contribution is 2.25. The number of carbonyl (C=O) groups is 2. The third-order valence-corrected chi connectivity index (χ3v) is 3.87. The number of ether oxygens (including phenoxy) is 2. The molecule has 148 valence electrons. The van der Waals surface area contributed by atoms with Crippen LogP contribution >= 0.6 is 0 Å². The van der Waals surface area contributed by atoms with Gasteiger partial charge in [-0.3, -0.25) is 19.7 Å². The van der Waals surface area contributed by atoms with Crippen LogP contribution in [-0.4, -0.2) is 41.5 Å². The van der Waals surface area contributed by atoms with Crippen molar-refractivity contribution in [1.29, 1.82) is 0 Å². The zero-order valence-electron chi connectivity index (χ0n) is 15.6. The summed E-state index contributed by atoms with van der Waals surface area (Å²) >= 11 is 0. The molecule has 0 atom stereocenters. The maximum absolute atomic E-state index is 12.7. The molecule has 2 aromatic rings. The van der Waals surface area contributed by atoms with Crippen molar-refractivity contribution in [2.45, 2.75) is 19.9 Å². The average molecular weight is 386 g/mol. The van der Waals surface area contributed by atoms with Crippen LogP contribution in [0.3, 0.4) is 0 Å². The molecule has 0 saturated heterocycles. The van der Waals surface area contributed by atoms with Gasteiger partial charge >= 0.3 is 11.7 Å². The Morgan fingerprint density at radius 3 is 2.43 bits per heavy atom. The maximum Gasteiger partial charge on any atom is 0.310 e. The number of benzene rings is 2. The van der Waals surface area contributed by atoms with E-state index in [9.17, 15) is 19.7 Å². The molecule has 28 heavy (non-hydrogen) atoms. The number of hydrogen-bond acceptors (Lipinski definition) is 6. The summed E-state index contributed by atoms with van der Waals surface area (Å²) in [4.78, 5) is 36.3. The molecule has 0 fully saturated rings. The molecule has 0 N–H and O–H groups in total. The van der Waals surface area contributed by atoms with Crippen molar-refractivity contribution >= 4 is 17.6 Å². The summed E-state index contributed by atoms with van der Waals surface area (Å²) in [6.45, 7) is 2.06. The van der Waals surface area contributed by atoms with Crippen LogP contribution < -0.4 is 4.74 Å². The van der Waals surface area contributed by atoms with Crippen molar-refractivity contribution in [3.63, 3.8) is 0 Å². The number of amides is 1. The highest BCUT2D eigenvalue weighted by Gasteiger charge is 2.19. The molecular formula is C20H22N2O6. The van der Waals surface area contributed by atoms with Gasteiger partial charge in [-0.15, -0.1) is 0 Å². The van der Waals surface area contributed by atoms with Gasteiger partial charge in [0, 0.05) is 19.2 Å². The fraction of sp³-hybridized carbons (Fsp3) is 0.300. The Balaban J connectivity index is 2.05. The van der Waals surface area contributed by atoms with E-state index in [1.807, 2.05) is 30.3 Å². The SMILES string of the molecule is CCOC(=O)CCN(Cc1ccccc1)C(=O)COc1ccccc1[N+](=O)[O-]. The summed E-state index contributed by atoms with van der Waals surface area (Å²) in [5.74, 6) is -0.759. The van der Waals surface area contributed by atoms with Crippen molar-refractivity contribution in [3.8, 4) is 5.75 Å². The minimum Gasteiger partial charge on any atom is -0.477 e. The van der Waals surface area contributed by atoms with Gasteiger partial charge in [0.2, 0.25) is 0 Å². The zero-order valence-corrected chi connectivity index (χ0v) is 15.6. The number of carbonyl (C=O) groups excluding carboxylic acids is 2. The van der Waals surface area contributed by atoms with Gasteiger partial charge in [-0.25, -0.2) is 0 Å². The van der Waals surface area contributed by atoms with E-state index in [2.05, 4.69) is 0 Å². The van der Waals surface area contributed by atoms with Crippen molar-refractivity contribution in [2.75, 3.05) is 19.8 Å². The van der Waals surface area contributed by atoms with E-state index in [-0.39, 0.29) is 43.5 Å². The van der Waals surface area contributed by atoms with Gasteiger partial charge in [-0.05, 0) is 18.6 Å². The topological polar surface area (TPSA) is 99.0 Å². The Hall–Kier alpha value is -3.42. The fourth-order valence-corrected chi connectivity index (χ4v) is 2.52. The maximum atomic E-state index is 12.7. The summed E-state index contributed by atoms with van der Waals surface area (Å²) in [6, 6.07) is 15.2. The highest BCUT2D eigenvalue weighted by molar-refractivity contribution is 5.79. The van der Waals surface area contributed by atoms with E-state index < -0.39 is 10.9 Å². The highest BCUT2D eigenvalue weighted by atomic mass is 16.6. The monoisotopic (exact) mass is 386 g/mol. The lowest BCUT2D eigenvalue weighted by molar-refractivity contribution is -0.385. The van der Waals surface area contributed by atoms with Crippen molar-refractivity contribution < 1.29 is 24.0 Å². The Bertz CT molecular complexity index is 809. The Kier molecular flexibility index (Phi) is 7.95. The second-order valence-corrected chi connectivity index (χ2v) is 5.87. The molecule has 2 rings (SSSR count). The summed E-state index contributed by atoms with van der Waals surface area (Å²) in [7, 11) is 0. The van der Waals surface area contributed by atoms with E-state index in [1.54, 1.807) is 13.0 Å². The van der Waals surface area contributed by atoms with Crippen LogP contribution in [0.4, 0.5) is 5.69 Å². The molecule has 0 aliphatic rings. The van der Waals surface area contributed by atoms with Crippen molar-refractivity contribution in [1.82, 2.24) is 4.90 Å². The van der Waals surface area contributed by atoms with Gasteiger partial charge in [-0.2, -0.15) is 0 Å². The first-order valence-electron chi connectivity index (χ1n) is 8.84. The predicted molar refractivity (Wildman–Crippen MR) is 102 cm³/mol. The minimum absolute atomic E-state index is 0.0194. The lowest BCUT2D eigenvalue weighted by atomic mass is 10.2. The Morgan fingerprint density at radius 1 is 1.07 bits per heavy atom. The lowest BCUT2D eigenvalue weighted by Crippen LogP contribution is -2.36. The molecule has 8 heteroatoms. The van der Waals surface area contributed by atoms with Crippen LogP contribution in [0.1, 0.15) is 18.9 Å². The molecule has 0 unspecified atom stereocenters. The average Bonchev–Trinajstić information content (AvgIpc) is 2.70. The summed E-state index contributed by atoms with van der Waals surface area (Å²) in [5.41, 5.74) is 0.682. The molecule has 0 aliphatic heterocycles. The molecular weight excluding hydrogens is 364 g/mol. The Labute approximate surface area is 162 Å². The van der Waals surface area contributed by atoms with E-state index in [0.29, 0.717) is 6.54 Å². The number of para-hydroxylation sites is 2. The van der Waals surface area contributed by atoms with E-state index in [1.165, 1.54) is 23.1 Å². The summed E-state index contributed by atoms with van der Waals surface area (Å²) in [6.07, 6.45) is 0.0535. The largest absolute Gasteiger partial charge is 0.477 e. The molecule has 0 spiro atoms. The molecule has 0 bridgehead atoms. The number of nitro groups is 1. The second kappa shape index (κ2) is 10.7. The predicted octanol–water partition coefficient (Wildman–Crippen LogP) is 2.96. The number of esters is 1. The summed E-state index contributed by atoms with van der Waals surface area (Å²) in [5, 5.41) is 11.1. The first-order valence-corrected chi connectivity index (χ1v) is 8.84. The van der Waals surface area contributed by atoms with E-state index >= 15 is 0 Å². The molecule has 8 nitrogen and oxygen atoms in total. The van der Waals surface area contributed by atoms with Crippen LogP contribution in [0.5, 0.6) is 5.75 Å². The number of nitrogens with zero attached hydrogens (tertiary/aromatic N) is 2. The smallest absolute Gasteiger partial charge is 0.310 e. The van der Waals surface area contributed by atoms with Gasteiger partial charge in [0.1, 0.15) is 0 Å². The van der Waals surface area contributed by atoms with Crippen LogP contribution in [0.25, 0.3) is 0 Å². The van der Waals surface area contributed by atoms with Crippen LogP contribution in [0, 0.1) is 10.1 Å².